The topological polar surface area (TPSA) is 78.9 Å². The molecule has 0 aliphatic rings. The van der Waals surface area contributed by atoms with Crippen molar-refractivity contribution >= 4 is 17.9 Å². The van der Waals surface area contributed by atoms with Crippen LogP contribution in [0, 0.1) is 11.8 Å². The molecule has 63 heavy (non-hydrogen) atoms. The lowest BCUT2D eigenvalue weighted by atomic mass is 10.0. The van der Waals surface area contributed by atoms with Gasteiger partial charge in [0, 0.05) is 19.3 Å². The SMILES string of the molecule is CCCCCCCCCCCCCCCC(=O)O[C@@H](COC(=O)CCCCCCCCCCCCCCCCCCCCC(C)C)COC(=O)CCCCCCCCCCC(C)C. The molecule has 0 aromatic rings. The van der Waals surface area contributed by atoms with E-state index in [-0.39, 0.29) is 31.1 Å². The summed E-state index contributed by atoms with van der Waals surface area (Å²) in [4.78, 5) is 38.0. The summed E-state index contributed by atoms with van der Waals surface area (Å²) in [5.74, 6) is 0.812. The third kappa shape index (κ3) is 51.3. The van der Waals surface area contributed by atoms with Crippen LogP contribution in [0.2, 0.25) is 0 Å². The van der Waals surface area contributed by atoms with Gasteiger partial charge in [0.15, 0.2) is 6.10 Å². The van der Waals surface area contributed by atoms with Gasteiger partial charge in [-0.1, -0.05) is 279 Å². The van der Waals surface area contributed by atoms with Gasteiger partial charge in [0.1, 0.15) is 13.2 Å². The molecule has 0 radical (unpaired) electrons. The minimum absolute atomic E-state index is 0.0632. The number of carbonyl (C=O) groups excluding carboxylic acids is 3. The maximum Gasteiger partial charge on any atom is 0.306 e. The van der Waals surface area contributed by atoms with Crippen LogP contribution in [-0.2, 0) is 28.6 Å². The summed E-state index contributed by atoms with van der Waals surface area (Å²) in [5, 5.41) is 0. The summed E-state index contributed by atoms with van der Waals surface area (Å²) in [6.07, 6.45) is 52.4. The number of rotatable bonds is 51. The fourth-order valence-electron chi connectivity index (χ4n) is 8.70. The van der Waals surface area contributed by atoms with E-state index >= 15 is 0 Å². The molecule has 0 aromatic carbocycles. The van der Waals surface area contributed by atoms with Gasteiger partial charge in [-0.05, 0) is 31.1 Å². The van der Waals surface area contributed by atoms with Gasteiger partial charge in [-0.25, -0.2) is 0 Å². The second-order valence-electron chi connectivity index (χ2n) is 20.5. The largest absolute Gasteiger partial charge is 0.462 e. The zero-order chi connectivity index (χ0) is 46.1. The molecule has 0 spiro atoms. The summed E-state index contributed by atoms with van der Waals surface area (Å²) in [5.41, 5.74) is 0. The number of carbonyl (C=O) groups is 3. The van der Waals surface area contributed by atoms with E-state index in [9.17, 15) is 14.4 Å². The van der Waals surface area contributed by atoms with Gasteiger partial charge in [0.2, 0.25) is 0 Å². The summed E-state index contributed by atoms with van der Waals surface area (Å²) >= 11 is 0. The molecule has 0 aliphatic heterocycles. The Morgan fingerprint density at radius 2 is 0.524 bits per heavy atom. The van der Waals surface area contributed by atoms with E-state index in [1.54, 1.807) is 0 Å². The third-order valence-electron chi connectivity index (χ3n) is 13.0. The highest BCUT2D eigenvalue weighted by molar-refractivity contribution is 5.71. The standard InChI is InChI=1S/C57H110O6/c1-6-7-8-9-10-11-12-19-24-27-34-39-44-49-57(60)63-54(51-62-56(59)48-43-38-33-29-28-31-36-41-46-53(4)5)50-61-55(58)47-42-37-32-26-23-21-18-16-14-13-15-17-20-22-25-30-35-40-45-52(2)3/h52-54H,6-51H2,1-5H3/t54-/m0/s1. The normalized spacial score (nSPS) is 12.0. The van der Waals surface area contributed by atoms with E-state index in [2.05, 4.69) is 34.6 Å². The average molecular weight is 892 g/mol. The van der Waals surface area contributed by atoms with Crippen LogP contribution in [0.3, 0.4) is 0 Å². The predicted octanol–water partition coefficient (Wildman–Crippen LogP) is 18.5. The lowest BCUT2D eigenvalue weighted by Crippen LogP contribution is -2.30. The van der Waals surface area contributed by atoms with Gasteiger partial charge in [-0.3, -0.25) is 14.4 Å². The summed E-state index contributed by atoms with van der Waals surface area (Å²) in [7, 11) is 0. The molecule has 6 nitrogen and oxygen atoms in total. The van der Waals surface area contributed by atoms with Gasteiger partial charge < -0.3 is 14.2 Å². The van der Waals surface area contributed by atoms with E-state index in [1.807, 2.05) is 0 Å². The van der Waals surface area contributed by atoms with Crippen LogP contribution in [0.4, 0.5) is 0 Å². The van der Waals surface area contributed by atoms with Crippen LogP contribution in [0.1, 0.15) is 317 Å². The summed E-state index contributed by atoms with van der Waals surface area (Å²) in [6.45, 7) is 11.4. The molecule has 1 atom stereocenters. The Balaban J connectivity index is 4.21. The smallest absolute Gasteiger partial charge is 0.306 e. The van der Waals surface area contributed by atoms with Crippen LogP contribution < -0.4 is 0 Å². The number of unbranched alkanes of at least 4 members (excludes halogenated alkanes) is 36. The van der Waals surface area contributed by atoms with Gasteiger partial charge in [-0.15, -0.1) is 0 Å². The maximum absolute atomic E-state index is 12.8. The Morgan fingerprint density at radius 1 is 0.302 bits per heavy atom. The number of hydrogen-bond donors (Lipinski definition) is 0. The highest BCUT2D eigenvalue weighted by Crippen LogP contribution is 2.18. The monoisotopic (exact) mass is 891 g/mol. The van der Waals surface area contributed by atoms with E-state index in [1.165, 1.54) is 205 Å². The maximum atomic E-state index is 12.8. The summed E-state index contributed by atoms with van der Waals surface area (Å²) in [6, 6.07) is 0. The first kappa shape index (κ1) is 61.4. The fourth-order valence-corrected chi connectivity index (χ4v) is 8.70. The molecular formula is C57H110O6. The molecule has 0 N–H and O–H groups in total. The number of ether oxygens (including phenoxy) is 3. The van der Waals surface area contributed by atoms with E-state index in [0.29, 0.717) is 19.3 Å². The van der Waals surface area contributed by atoms with Gasteiger partial charge in [0.25, 0.3) is 0 Å². The highest BCUT2D eigenvalue weighted by Gasteiger charge is 2.19. The molecule has 0 amide bonds. The molecule has 0 rings (SSSR count). The Bertz CT molecular complexity index is 962. The van der Waals surface area contributed by atoms with Gasteiger partial charge in [0.05, 0.1) is 0 Å². The zero-order valence-electron chi connectivity index (χ0n) is 43.2. The molecule has 0 unspecified atom stereocenters. The van der Waals surface area contributed by atoms with Crippen molar-refractivity contribution in [1.82, 2.24) is 0 Å². The van der Waals surface area contributed by atoms with Crippen LogP contribution in [-0.4, -0.2) is 37.2 Å². The molecule has 0 saturated carbocycles. The first-order chi connectivity index (χ1) is 30.7. The molecule has 0 heterocycles. The molecule has 0 aromatic heterocycles. The van der Waals surface area contributed by atoms with Gasteiger partial charge >= 0.3 is 17.9 Å². The molecular weight excluding hydrogens is 781 g/mol. The fraction of sp³-hybridized carbons (Fsp3) is 0.947. The molecule has 0 aliphatic carbocycles. The summed E-state index contributed by atoms with van der Waals surface area (Å²) < 4.78 is 16.8. The Kier molecular flexibility index (Phi) is 48.6. The quantitative estimate of drug-likeness (QED) is 0.0344. The van der Waals surface area contributed by atoms with Crippen molar-refractivity contribution in [2.75, 3.05) is 13.2 Å². The third-order valence-corrected chi connectivity index (χ3v) is 13.0. The van der Waals surface area contributed by atoms with Gasteiger partial charge in [-0.2, -0.15) is 0 Å². The first-order valence-electron chi connectivity index (χ1n) is 28.2. The van der Waals surface area contributed by atoms with Crippen LogP contribution >= 0.6 is 0 Å². The minimum atomic E-state index is -0.762. The molecule has 0 saturated heterocycles. The van der Waals surface area contributed by atoms with Crippen LogP contribution in [0.25, 0.3) is 0 Å². The molecule has 374 valence electrons. The minimum Gasteiger partial charge on any atom is -0.462 e. The molecule has 6 heteroatoms. The van der Waals surface area contributed by atoms with E-state index in [0.717, 1.165) is 69.6 Å². The lowest BCUT2D eigenvalue weighted by molar-refractivity contribution is -0.167. The van der Waals surface area contributed by atoms with Crippen molar-refractivity contribution in [3.05, 3.63) is 0 Å². The van der Waals surface area contributed by atoms with E-state index < -0.39 is 6.10 Å². The van der Waals surface area contributed by atoms with Crippen LogP contribution in [0.15, 0.2) is 0 Å². The Labute approximate surface area is 393 Å². The molecule has 0 bridgehead atoms. The van der Waals surface area contributed by atoms with Crippen LogP contribution in [0.5, 0.6) is 0 Å². The Hall–Kier alpha value is -1.59. The van der Waals surface area contributed by atoms with Crippen molar-refractivity contribution in [2.45, 2.75) is 323 Å². The second kappa shape index (κ2) is 49.8. The van der Waals surface area contributed by atoms with Crippen molar-refractivity contribution < 1.29 is 28.6 Å². The highest BCUT2D eigenvalue weighted by atomic mass is 16.6. The van der Waals surface area contributed by atoms with Crippen molar-refractivity contribution in [1.29, 1.82) is 0 Å². The van der Waals surface area contributed by atoms with Crippen molar-refractivity contribution in [3.8, 4) is 0 Å². The number of esters is 3. The lowest BCUT2D eigenvalue weighted by Gasteiger charge is -2.18. The first-order valence-corrected chi connectivity index (χ1v) is 28.2. The second-order valence-corrected chi connectivity index (χ2v) is 20.5. The zero-order valence-corrected chi connectivity index (χ0v) is 43.2. The van der Waals surface area contributed by atoms with Crippen molar-refractivity contribution in [2.24, 2.45) is 11.8 Å². The van der Waals surface area contributed by atoms with Crippen molar-refractivity contribution in [3.63, 3.8) is 0 Å². The Morgan fingerprint density at radius 3 is 0.778 bits per heavy atom. The number of hydrogen-bond acceptors (Lipinski definition) is 6. The van der Waals surface area contributed by atoms with E-state index in [4.69, 9.17) is 14.2 Å². The molecule has 0 fully saturated rings. The predicted molar refractivity (Wildman–Crippen MR) is 270 cm³/mol. The average Bonchev–Trinajstić information content (AvgIpc) is 3.25.